The number of piperidine rings is 1. The fourth-order valence-electron chi connectivity index (χ4n) is 4.27. The van der Waals surface area contributed by atoms with Crippen molar-refractivity contribution in [3.8, 4) is 0 Å². The van der Waals surface area contributed by atoms with Crippen LogP contribution in [-0.2, 0) is 17.6 Å². The molecule has 1 spiro atoms. The fourth-order valence-corrected chi connectivity index (χ4v) is 4.27. The van der Waals surface area contributed by atoms with Crippen LogP contribution < -0.4 is 10.2 Å². The van der Waals surface area contributed by atoms with Gasteiger partial charge in [0.2, 0.25) is 11.9 Å². The van der Waals surface area contributed by atoms with Gasteiger partial charge in [-0.05, 0) is 57.4 Å². The molecule has 1 amide bonds. The van der Waals surface area contributed by atoms with Crippen LogP contribution in [0.5, 0.6) is 0 Å². The van der Waals surface area contributed by atoms with E-state index in [1.54, 1.807) is 0 Å². The molecule has 1 aromatic heterocycles. The van der Waals surface area contributed by atoms with E-state index in [0.717, 1.165) is 63.4 Å². The van der Waals surface area contributed by atoms with Crippen LogP contribution in [-0.4, -0.2) is 35.5 Å². The summed E-state index contributed by atoms with van der Waals surface area (Å²) in [6, 6.07) is 0. The lowest BCUT2D eigenvalue weighted by atomic mass is 9.79. The minimum atomic E-state index is -0.203. The molecule has 0 bridgehead atoms. The van der Waals surface area contributed by atoms with E-state index in [9.17, 15) is 4.79 Å². The predicted molar refractivity (Wildman–Crippen MR) is 84.9 cm³/mol. The van der Waals surface area contributed by atoms with Crippen LogP contribution in [0, 0.1) is 12.3 Å². The predicted octanol–water partition coefficient (Wildman–Crippen LogP) is 1.77. The van der Waals surface area contributed by atoms with Crippen molar-refractivity contribution in [1.29, 1.82) is 0 Å². The first kappa shape index (κ1) is 14.0. The van der Waals surface area contributed by atoms with Gasteiger partial charge in [-0.1, -0.05) is 0 Å². The van der Waals surface area contributed by atoms with Gasteiger partial charge in [-0.15, -0.1) is 0 Å². The molecule has 4 rings (SSSR count). The average Bonchev–Trinajstić information content (AvgIpc) is 2.96. The molecule has 0 saturated carbocycles. The van der Waals surface area contributed by atoms with Gasteiger partial charge in [0.1, 0.15) is 0 Å². The lowest BCUT2D eigenvalue weighted by Gasteiger charge is -2.32. The molecule has 5 heteroatoms. The Bertz CT molecular complexity index is 615. The molecule has 0 unspecified atom stereocenters. The molecule has 1 N–H and O–H groups in total. The Morgan fingerprint density at radius 3 is 2.86 bits per heavy atom. The van der Waals surface area contributed by atoms with Crippen molar-refractivity contribution in [2.75, 3.05) is 24.5 Å². The van der Waals surface area contributed by atoms with Crippen molar-refractivity contribution < 1.29 is 4.79 Å². The number of carbonyl (C=O) groups is 1. The van der Waals surface area contributed by atoms with E-state index in [2.05, 4.69) is 17.1 Å². The van der Waals surface area contributed by atoms with E-state index < -0.39 is 0 Å². The minimum Gasteiger partial charge on any atom is -0.356 e. The van der Waals surface area contributed by atoms with Gasteiger partial charge in [-0.3, -0.25) is 4.79 Å². The average molecular weight is 300 g/mol. The molecule has 5 nitrogen and oxygen atoms in total. The van der Waals surface area contributed by atoms with Gasteiger partial charge < -0.3 is 10.2 Å². The summed E-state index contributed by atoms with van der Waals surface area (Å²) >= 11 is 0. The second-order valence-electron chi connectivity index (χ2n) is 7.05. The number of carbonyl (C=O) groups excluding carboxylic acids is 1. The van der Waals surface area contributed by atoms with Crippen LogP contribution in [0.25, 0.3) is 0 Å². The molecule has 22 heavy (non-hydrogen) atoms. The summed E-state index contributed by atoms with van der Waals surface area (Å²) in [5.41, 5.74) is 3.53. The van der Waals surface area contributed by atoms with Crippen LogP contribution >= 0.6 is 0 Å². The van der Waals surface area contributed by atoms with Gasteiger partial charge in [0.15, 0.2) is 0 Å². The summed E-state index contributed by atoms with van der Waals surface area (Å²) in [7, 11) is 0. The third-order valence-electron chi connectivity index (χ3n) is 5.61. The van der Waals surface area contributed by atoms with E-state index >= 15 is 0 Å². The topological polar surface area (TPSA) is 58.1 Å². The highest BCUT2D eigenvalue weighted by molar-refractivity contribution is 5.84. The Morgan fingerprint density at radius 2 is 2.00 bits per heavy atom. The lowest BCUT2D eigenvalue weighted by Crippen LogP contribution is -2.47. The zero-order valence-electron chi connectivity index (χ0n) is 13.3. The monoisotopic (exact) mass is 300 g/mol. The molecular formula is C17H24N4O. The first-order chi connectivity index (χ1) is 10.7. The van der Waals surface area contributed by atoms with Crippen molar-refractivity contribution in [2.45, 2.75) is 51.9 Å². The van der Waals surface area contributed by atoms with E-state index in [4.69, 9.17) is 9.97 Å². The molecule has 2 saturated heterocycles. The maximum Gasteiger partial charge on any atom is 0.228 e. The molecule has 0 radical (unpaired) electrons. The molecule has 3 heterocycles. The molecule has 1 aliphatic carbocycles. The molecule has 2 aliphatic heterocycles. The number of amides is 1. The Balaban J connectivity index is 1.61. The quantitative estimate of drug-likeness (QED) is 0.859. The van der Waals surface area contributed by atoms with Gasteiger partial charge >= 0.3 is 0 Å². The molecule has 118 valence electrons. The second-order valence-corrected chi connectivity index (χ2v) is 7.05. The summed E-state index contributed by atoms with van der Waals surface area (Å²) < 4.78 is 0. The maximum absolute atomic E-state index is 12.3. The largest absolute Gasteiger partial charge is 0.356 e. The number of anilines is 1. The molecule has 0 aromatic carbocycles. The summed E-state index contributed by atoms with van der Waals surface area (Å²) in [6.45, 7) is 4.60. The Morgan fingerprint density at radius 1 is 1.14 bits per heavy atom. The highest BCUT2D eigenvalue weighted by Crippen LogP contribution is 2.39. The third-order valence-corrected chi connectivity index (χ3v) is 5.61. The first-order valence-electron chi connectivity index (χ1n) is 8.58. The number of nitrogens with zero attached hydrogens (tertiary/aromatic N) is 3. The van der Waals surface area contributed by atoms with Crippen molar-refractivity contribution in [1.82, 2.24) is 15.3 Å². The minimum absolute atomic E-state index is 0.203. The smallest absolute Gasteiger partial charge is 0.228 e. The SMILES string of the molecule is Cc1nc(N2CC[C@@]3(CCCNC3=O)C2)nc2c1CCCC2. The number of rotatable bonds is 1. The third kappa shape index (κ3) is 2.18. The Hall–Kier alpha value is -1.65. The molecular weight excluding hydrogens is 276 g/mol. The van der Waals surface area contributed by atoms with E-state index in [0.29, 0.717) is 0 Å². The molecule has 1 aromatic rings. The summed E-state index contributed by atoms with van der Waals surface area (Å²) in [5.74, 6) is 1.07. The van der Waals surface area contributed by atoms with Crippen LogP contribution in [0.4, 0.5) is 5.95 Å². The van der Waals surface area contributed by atoms with Crippen molar-refractivity contribution in [2.24, 2.45) is 5.41 Å². The Labute approximate surface area is 131 Å². The normalized spacial score (nSPS) is 27.9. The summed E-state index contributed by atoms with van der Waals surface area (Å²) in [6.07, 6.45) is 7.69. The van der Waals surface area contributed by atoms with E-state index in [1.165, 1.54) is 24.1 Å². The van der Waals surface area contributed by atoms with Crippen molar-refractivity contribution >= 4 is 11.9 Å². The number of fused-ring (bicyclic) bond motifs is 1. The molecule has 3 aliphatic rings. The highest BCUT2D eigenvalue weighted by Gasteiger charge is 2.46. The van der Waals surface area contributed by atoms with Crippen LogP contribution in [0.3, 0.4) is 0 Å². The number of aryl methyl sites for hydroxylation is 2. The van der Waals surface area contributed by atoms with Gasteiger partial charge in [-0.2, -0.15) is 0 Å². The number of hydrogen-bond acceptors (Lipinski definition) is 4. The van der Waals surface area contributed by atoms with Gasteiger partial charge in [-0.25, -0.2) is 9.97 Å². The van der Waals surface area contributed by atoms with Gasteiger partial charge in [0.25, 0.3) is 0 Å². The Kier molecular flexibility index (Phi) is 3.31. The van der Waals surface area contributed by atoms with Crippen molar-refractivity contribution in [3.63, 3.8) is 0 Å². The summed E-state index contributed by atoms with van der Waals surface area (Å²) in [5, 5.41) is 3.04. The van der Waals surface area contributed by atoms with E-state index in [1.807, 2.05) is 0 Å². The standard InChI is InChI=1S/C17H24N4O/c1-12-13-5-2-3-6-14(13)20-16(19-12)21-10-8-17(11-21)7-4-9-18-15(17)22/h2-11H2,1H3,(H,18,22)/t17-/m0/s1. The maximum atomic E-state index is 12.3. The number of nitrogens with one attached hydrogen (secondary N) is 1. The van der Waals surface area contributed by atoms with Gasteiger partial charge in [0.05, 0.1) is 5.41 Å². The van der Waals surface area contributed by atoms with E-state index in [-0.39, 0.29) is 11.3 Å². The zero-order valence-corrected chi connectivity index (χ0v) is 13.3. The van der Waals surface area contributed by atoms with Crippen LogP contribution in [0.1, 0.15) is 49.1 Å². The first-order valence-corrected chi connectivity index (χ1v) is 8.58. The van der Waals surface area contributed by atoms with Crippen LogP contribution in [0.2, 0.25) is 0 Å². The number of aromatic nitrogens is 2. The van der Waals surface area contributed by atoms with Gasteiger partial charge in [0, 0.05) is 31.0 Å². The highest BCUT2D eigenvalue weighted by atomic mass is 16.2. The van der Waals surface area contributed by atoms with Crippen LogP contribution in [0.15, 0.2) is 0 Å². The lowest BCUT2D eigenvalue weighted by molar-refractivity contribution is -0.132. The second kappa shape index (κ2) is 5.21. The zero-order chi connectivity index (χ0) is 15.2. The number of hydrogen-bond donors (Lipinski definition) is 1. The molecule has 2 fully saturated rings. The molecule has 1 atom stereocenters. The summed E-state index contributed by atoms with van der Waals surface area (Å²) in [4.78, 5) is 24.1. The van der Waals surface area contributed by atoms with Crippen molar-refractivity contribution in [3.05, 3.63) is 17.0 Å². The fraction of sp³-hybridized carbons (Fsp3) is 0.706.